The Morgan fingerprint density at radius 3 is 2.63 bits per heavy atom. The molecule has 1 aromatic heterocycles. The first-order chi connectivity index (χ1) is 14.2. The Morgan fingerprint density at radius 1 is 1.23 bits per heavy atom. The Kier molecular flexibility index (Phi) is 6.53. The zero-order valence-corrected chi connectivity index (χ0v) is 16.9. The number of halogens is 3. The number of aliphatic hydroxyl groups excluding tert-OH is 1. The van der Waals surface area contributed by atoms with Crippen LogP contribution in [0.15, 0.2) is 41.3 Å². The van der Waals surface area contributed by atoms with Gasteiger partial charge >= 0.3 is 5.97 Å². The van der Waals surface area contributed by atoms with Crippen molar-refractivity contribution >= 4 is 28.5 Å². The normalized spacial score (nSPS) is 12.3. The molecule has 1 atom stereocenters. The maximum Gasteiger partial charge on any atom is 0.341 e. The Bertz CT molecular complexity index is 1180. The number of carbonyl (C=O) groups is 1. The number of pyridine rings is 1. The van der Waals surface area contributed by atoms with Crippen molar-refractivity contribution in [3.8, 4) is 0 Å². The molecular weight excluding hydrogens is 416 g/mol. The first-order valence-electron chi connectivity index (χ1n) is 9.35. The van der Waals surface area contributed by atoms with Crippen LogP contribution in [-0.2, 0) is 13.0 Å². The lowest BCUT2D eigenvalue weighted by molar-refractivity contribution is 0.0694. The average molecular weight is 436 g/mol. The molecule has 0 aliphatic carbocycles. The van der Waals surface area contributed by atoms with Crippen molar-refractivity contribution < 1.29 is 23.8 Å². The van der Waals surface area contributed by atoms with E-state index in [-0.39, 0.29) is 46.0 Å². The molecule has 2 aromatic carbocycles. The highest BCUT2D eigenvalue weighted by Crippen LogP contribution is 2.25. The summed E-state index contributed by atoms with van der Waals surface area (Å²) in [6, 6.07) is 6.81. The minimum absolute atomic E-state index is 0.0323. The molecular formula is C22H20ClF2NO4. The molecule has 0 spiro atoms. The van der Waals surface area contributed by atoms with Crippen molar-refractivity contribution in [2.45, 2.75) is 26.3 Å². The lowest BCUT2D eigenvalue weighted by Crippen LogP contribution is -2.21. The van der Waals surface area contributed by atoms with Crippen LogP contribution in [0.1, 0.15) is 34.8 Å². The van der Waals surface area contributed by atoms with Crippen LogP contribution in [0, 0.1) is 17.6 Å². The van der Waals surface area contributed by atoms with E-state index in [1.54, 1.807) is 0 Å². The molecule has 0 amide bonds. The smallest absolute Gasteiger partial charge is 0.341 e. The molecule has 0 aliphatic rings. The maximum atomic E-state index is 14.9. The number of aromatic nitrogens is 1. The Balaban J connectivity index is 2.18. The summed E-state index contributed by atoms with van der Waals surface area (Å²) in [6.07, 6.45) is 1.51. The van der Waals surface area contributed by atoms with E-state index in [4.69, 9.17) is 16.7 Å². The van der Waals surface area contributed by atoms with E-state index in [2.05, 4.69) is 0 Å². The van der Waals surface area contributed by atoms with Gasteiger partial charge in [-0.05, 0) is 41.7 Å². The highest BCUT2D eigenvalue weighted by atomic mass is 35.5. The minimum Gasteiger partial charge on any atom is -0.477 e. The molecule has 0 saturated carbocycles. The Labute approximate surface area is 176 Å². The molecule has 3 rings (SSSR count). The van der Waals surface area contributed by atoms with E-state index >= 15 is 0 Å². The second-order valence-corrected chi connectivity index (χ2v) is 7.70. The summed E-state index contributed by atoms with van der Waals surface area (Å²) in [5, 5.41) is 18.5. The Hall–Kier alpha value is -2.77. The van der Waals surface area contributed by atoms with Crippen LogP contribution in [0.3, 0.4) is 0 Å². The number of carboxylic acid groups (broad SMARTS) is 1. The van der Waals surface area contributed by atoms with Crippen molar-refractivity contribution in [3.63, 3.8) is 0 Å². The van der Waals surface area contributed by atoms with E-state index in [0.29, 0.717) is 13.0 Å². The third-order valence-corrected chi connectivity index (χ3v) is 5.31. The van der Waals surface area contributed by atoms with Gasteiger partial charge in [-0.2, -0.15) is 0 Å². The van der Waals surface area contributed by atoms with Crippen molar-refractivity contribution in [1.29, 1.82) is 0 Å². The minimum atomic E-state index is -1.39. The molecule has 0 saturated heterocycles. The predicted molar refractivity (Wildman–Crippen MR) is 110 cm³/mol. The molecule has 8 heteroatoms. The topological polar surface area (TPSA) is 79.5 Å². The highest BCUT2D eigenvalue weighted by molar-refractivity contribution is 6.30. The van der Waals surface area contributed by atoms with Crippen LogP contribution in [0.4, 0.5) is 8.78 Å². The number of aromatic carboxylic acids is 1. The number of aliphatic hydroxyl groups is 1. The van der Waals surface area contributed by atoms with Gasteiger partial charge in [-0.3, -0.25) is 4.79 Å². The van der Waals surface area contributed by atoms with Crippen LogP contribution in [0.25, 0.3) is 10.9 Å². The fourth-order valence-corrected chi connectivity index (χ4v) is 3.63. The van der Waals surface area contributed by atoms with Gasteiger partial charge in [0.2, 0.25) is 5.43 Å². The fourth-order valence-electron chi connectivity index (χ4n) is 3.43. The third-order valence-electron chi connectivity index (χ3n) is 5.02. The van der Waals surface area contributed by atoms with Crippen LogP contribution in [-0.4, -0.2) is 27.4 Å². The summed E-state index contributed by atoms with van der Waals surface area (Å²) in [5.74, 6) is -2.75. The third kappa shape index (κ3) is 4.37. The summed E-state index contributed by atoms with van der Waals surface area (Å²) >= 11 is 5.79. The van der Waals surface area contributed by atoms with Crippen LogP contribution in [0.5, 0.6) is 0 Å². The van der Waals surface area contributed by atoms with Crippen molar-refractivity contribution in [1.82, 2.24) is 4.57 Å². The monoisotopic (exact) mass is 435 g/mol. The molecule has 0 aliphatic heterocycles. The van der Waals surface area contributed by atoms with Gasteiger partial charge in [-0.15, -0.1) is 0 Å². The summed E-state index contributed by atoms with van der Waals surface area (Å²) in [7, 11) is 0. The van der Waals surface area contributed by atoms with Gasteiger partial charge in [0.25, 0.3) is 0 Å². The van der Waals surface area contributed by atoms with Gasteiger partial charge in [-0.25, -0.2) is 13.6 Å². The van der Waals surface area contributed by atoms with Crippen molar-refractivity contribution in [3.05, 3.63) is 80.1 Å². The second-order valence-electron chi connectivity index (χ2n) is 7.30. The average Bonchev–Trinajstić information content (AvgIpc) is 2.68. The molecule has 2 N–H and O–H groups in total. The van der Waals surface area contributed by atoms with Crippen molar-refractivity contribution in [2.24, 2.45) is 5.92 Å². The lowest BCUT2D eigenvalue weighted by atomic mass is 10.00. The van der Waals surface area contributed by atoms with Crippen LogP contribution >= 0.6 is 11.6 Å². The number of carboxylic acids is 1. The summed E-state index contributed by atoms with van der Waals surface area (Å²) in [5.41, 5.74) is -0.727. The molecule has 0 unspecified atom stereocenters. The highest BCUT2D eigenvalue weighted by Gasteiger charge is 2.19. The number of hydrogen-bond acceptors (Lipinski definition) is 3. The van der Waals surface area contributed by atoms with Gasteiger partial charge in [0.05, 0.1) is 10.5 Å². The number of nitrogens with zero attached hydrogens (tertiary/aromatic N) is 1. The van der Waals surface area contributed by atoms with E-state index in [1.807, 2.05) is 6.92 Å². The van der Waals surface area contributed by atoms with Gasteiger partial charge in [0.15, 0.2) is 0 Å². The zero-order chi connectivity index (χ0) is 22.0. The maximum absolute atomic E-state index is 14.9. The van der Waals surface area contributed by atoms with Gasteiger partial charge in [0.1, 0.15) is 17.2 Å². The molecule has 0 radical (unpaired) electrons. The van der Waals surface area contributed by atoms with Gasteiger partial charge < -0.3 is 14.8 Å². The van der Waals surface area contributed by atoms with Crippen molar-refractivity contribution in [2.75, 3.05) is 6.61 Å². The molecule has 158 valence electrons. The van der Waals surface area contributed by atoms with Gasteiger partial charge in [-0.1, -0.05) is 30.7 Å². The number of hydrogen-bond donors (Lipinski definition) is 2. The predicted octanol–water partition coefficient (Wildman–Crippen LogP) is 4.24. The second kappa shape index (κ2) is 8.93. The number of benzene rings is 2. The van der Waals surface area contributed by atoms with E-state index in [1.165, 1.54) is 35.0 Å². The Morgan fingerprint density at radius 2 is 1.97 bits per heavy atom. The van der Waals surface area contributed by atoms with Crippen LogP contribution < -0.4 is 5.43 Å². The largest absolute Gasteiger partial charge is 0.477 e. The number of fused-ring (bicyclic) bond motifs is 1. The molecule has 0 fully saturated rings. The molecule has 30 heavy (non-hydrogen) atoms. The number of rotatable bonds is 7. The van der Waals surface area contributed by atoms with E-state index in [0.717, 1.165) is 6.07 Å². The first kappa shape index (κ1) is 21.9. The van der Waals surface area contributed by atoms with E-state index < -0.39 is 28.6 Å². The molecule has 3 aromatic rings. The zero-order valence-electron chi connectivity index (χ0n) is 16.2. The lowest BCUT2D eigenvalue weighted by Gasteiger charge is -2.17. The quantitative estimate of drug-likeness (QED) is 0.581. The van der Waals surface area contributed by atoms with E-state index in [9.17, 15) is 23.5 Å². The molecule has 0 bridgehead atoms. The summed E-state index contributed by atoms with van der Waals surface area (Å²) < 4.78 is 30.6. The SMILES string of the molecule is C[C@@H](CCO)Cn1cc(C(=O)O)c(=O)c2cc(Cc3cccc(Cl)c3F)c(F)cc21. The van der Waals surface area contributed by atoms with Gasteiger partial charge in [0, 0.05) is 31.2 Å². The van der Waals surface area contributed by atoms with Crippen LogP contribution in [0.2, 0.25) is 5.02 Å². The molecule has 5 nitrogen and oxygen atoms in total. The summed E-state index contributed by atoms with van der Waals surface area (Å²) in [6.45, 7) is 2.10. The first-order valence-corrected chi connectivity index (χ1v) is 9.73. The fraction of sp³-hybridized carbons (Fsp3) is 0.273. The summed E-state index contributed by atoms with van der Waals surface area (Å²) in [4.78, 5) is 24.3. The standard InChI is InChI=1S/C22H20ClF2NO4/c1-12(5-6-27)10-26-11-16(22(29)30)21(28)15-8-14(18(24)9-19(15)26)7-13-3-2-4-17(23)20(13)25/h2-4,8-9,11-12,27H,5-7,10H2,1H3,(H,29,30)/t12-/m0/s1. The molecule has 1 heterocycles.